The van der Waals surface area contributed by atoms with Crippen LogP contribution in [0.5, 0.6) is 0 Å². The van der Waals surface area contributed by atoms with Crippen LogP contribution in [-0.2, 0) is 16.3 Å². The molecule has 0 radical (unpaired) electrons. The number of hydrogen-bond acceptors (Lipinski definition) is 6. The molecule has 2 aliphatic rings. The number of aliphatic imine (C=N–C) groups is 1. The quantitative estimate of drug-likeness (QED) is 0.792. The van der Waals surface area contributed by atoms with Crippen LogP contribution in [0.4, 0.5) is 8.78 Å². The van der Waals surface area contributed by atoms with E-state index in [2.05, 4.69) is 15.2 Å². The number of rotatable bonds is 6. The number of nitrogens with two attached hydrogens (primary N) is 1. The molecule has 0 unspecified atom stereocenters. The Hall–Kier alpha value is -1.74. The van der Waals surface area contributed by atoms with Crippen molar-refractivity contribution in [1.29, 1.82) is 0 Å². The predicted octanol–water partition coefficient (Wildman–Crippen LogP) is 3.65. The van der Waals surface area contributed by atoms with Crippen molar-refractivity contribution in [3.8, 4) is 0 Å². The maximum Gasteiger partial charge on any atom is 0.265 e. The summed E-state index contributed by atoms with van der Waals surface area (Å²) in [6.07, 6.45) is 3.50. The van der Waals surface area contributed by atoms with Crippen molar-refractivity contribution in [2.45, 2.75) is 55.9 Å². The number of aryl methyl sites for hydroxylation is 1. The summed E-state index contributed by atoms with van der Waals surface area (Å²) in [5.41, 5.74) is 6.30. The van der Waals surface area contributed by atoms with Gasteiger partial charge in [-0.25, -0.2) is 22.2 Å². The second-order valence-electron chi connectivity index (χ2n) is 7.27. The van der Waals surface area contributed by atoms with Gasteiger partial charge in [0.2, 0.25) is 0 Å². The number of alkyl halides is 2. The second-order valence-corrected chi connectivity index (χ2v) is 9.23. The van der Waals surface area contributed by atoms with Crippen molar-refractivity contribution >= 4 is 15.7 Å². The Morgan fingerprint density at radius 1 is 1.22 bits per heavy atom. The summed E-state index contributed by atoms with van der Waals surface area (Å²) in [6.45, 7) is 0.0807. The molecule has 6 nitrogen and oxygen atoms in total. The van der Waals surface area contributed by atoms with Crippen molar-refractivity contribution in [3.63, 3.8) is 0 Å². The van der Waals surface area contributed by atoms with E-state index < -0.39 is 21.8 Å². The SMILES string of the molecule is CS(=O)(=O)c1c(C(F)F)ccc(CCC2CCC(N)CC2)c1C1=NCN=N1. The van der Waals surface area contributed by atoms with Gasteiger partial charge in [0.15, 0.2) is 22.3 Å². The van der Waals surface area contributed by atoms with Gasteiger partial charge in [-0.15, -0.1) is 5.11 Å². The van der Waals surface area contributed by atoms with E-state index in [1.54, 1.807) is 6.07 Å². The lowest BCUT2D eigenvalue weighted by Gasteiger charge is -2.26. The zero-order chi connectivity index (χ0) is 19.6. The van der Waals surface area contributed by atoms with Crippen molar-refractivity contribution in [2.24, 2.45) is 26.9 Å². The van der Waals surface area contributed by atoms with E-state index in [0.717, 1.165) is 38.4 Å². The molecule has 1 heterocycles. The van der Waals surface area contributed by atoms with Gasteiger partial charge in [0, 0.05) is 23.4 Å². The fourth-order valence-corrected chi connectivity index (χ4v) is 5.04. The highest BCUT2D eigenvalue weighted by Gasteiger charge is 2.29. The summed E-state index contributed by atoms with van der Waals surface area (Å²) >= 11 is 0. The lowest BCUT2D eigenvalue weighted by molar-refractivity contribution is 0.148. The average molecular weight is 398 g/mol. The maximum absolute atomic E-state index is 13.5. The standard InChI is InChI=1S/C18H24F2N4O2S/c1-27(25,26)16-14(17(19)20)9-6-12(15(16)18-22-10-23-24-18)5-2-11-3-7-13(21)8-4-11/h6,9,11,13,17H,2-5,7-8,10,21H2,1H3. The Bertz CT molecular complexity index is 860. The first-order valence-electron chi connectivity index (χ1n) is 9.09. The van der Waals surface area contributed by atoms with E-state index in [1.165, 1.54) is 6.07 Å². The van der Waals surface area contributed by atoms with Gasteiger partial charge in [0.1, 0.15) is 0 Å². The molecule has 148 valence electrons. The summed E-state index contributed by atoms with van der Waals surface area (Å²) in [7, 11) is -3.90. The average Bonchev–Trinajstić information content (AvgIpc) is 3.13. The third kappa shape index (κ3) is 4.57. The Kier molecular flexibility index (Phi) is 6.00. The minimum atomic E-state index is -3.90. The molecule has 1 aromatic rings. The fraction of sp³-hybridized carbons (Fsp3) is 0.611. The lowest BCUT2D eigenvalue weighted by Crippen LogP contribution is -2.26. The highest BCUT2D eigenvalue weighted by molar-refractivity contribution is 7.90. The molecular formula is C18H24F2N4O2S. The van der Waals surface area contributed by atoms with E-state index in [9.17, 15) is 17.2 Å². The van der Waals surface area contributed by atoms with Crippen LogP contribution in [0.25, 0.3) is 0 Å². The largest absolute Gasteiger partial charge is 0.328 e. The lowest BCUT2D eigenvalue weighted by atomic mass is 9.82. The molecule has 27 heavy (non-hydrogen) atoms. The number of amidine groups is 1. The Labute approximate surface area is 157 Å². The van der Waals surface area contributed by atoms with Crippen LogP contribution in [0, 0.1) is 5.92 Å². The molecule has 9 heteroatoms. The summed E-state index contributed by atoms with van der Waals surface area (Å²) in [5, 5.41) is 7.66. The molecule has 1 aliphatic carbocycles. The van der Waals surface area contributed by atoms with E-state index in [-0.39, 0.29) is 29.0 Å². The van der Waals surface area contributed by atoms with Gasteiger partial charge in [-0.3, -0.25) is 0 Å². The first-order chi connectivity index (χ1) is 12.8. The molecule has 0 aromatic heterocycles. The summed E-state index contributed by atoms with van der Waals surface area (Å²) in [5.74, 6) is 0.625. The fourth-order valence-electron chi connectivity index (χ4n) is 3.86. The van der Waals surface area contributed by atoms with Crippen LogP contribution in [0.3, 0.4) is 0 Å². The molecule has 0 spiro atoms. The van der Waals surface area contributed by atoms with Gasteiger partial charge in [-0.05, 0) is 50.0 Å². The highest BCUT2D eigenvalue weighted by Crippen LogP contribution is 2.35. The molecule has 0 bridgehead atoms. The molecule has 0 saturated heterocycles. The summed E-state index contributed by atoms with van der Waals surface area (Å²) in [6, 6.07) is 3.05. The van der Waals surface area contributed by atoms with Crippen LogP contribution in [0.2, 0.25) is 0 Å². The molecule has 1 saturated carbocycles. The van der Waals surface area contributed by atoms with E-state index in [0.29, 0.717) is 17.9 Å². The predicted molar refractivity (Wildman–Crippen MR) is 99.0 cm³/mol. The van der Waals surface area contributed by atoms with Gasteiger partial charge in [-0.2, -0.15) is 5.11 Å². The zero-order valence-corrected chi connectivity index (χ0v) is 16.1. The molecule has 3 rings (SSSR count). The Balaban J connectivity index is 1.99. The number of sulfone groups is 1. The first kappa shape index (κ1) is 20.0. The number of azo groups is 1. The van der Waals surface area contributed by atoms with Crippen LogP contribution in [0.1, 0.15) is 55.2 Å². The number of benzene rings is 1. The van der Waals surface area contributed by atoms with Crippen LogP contribution < -0.4 is 5.73 Å². The zero-order valence-electron chi connectivity index (χ0n) is 15.2. The molecule has 0 atom stereocenters. The summed E-state index contributed by atoms with van der Waals surface area (Å²) < 4.78 is 51.7. The van der Waals surface area contributed by atoms with Crippen molar-refractivity contribution in [2.75, 3.05) is 12.9 Å². The minimum Gasteiger partial charge on any atom is -0.328 e. The number of nitrogens with zero attached hydrogens (tertiary/aromatic N) is 3. The van der Waals surface area contributed by atoms with Crippen molar-refractivity contribution in [3.05, 3.63) is 28.8 Å². The molecule has 1 aliphatic heterocycles. The summed E-state index contributed by atoms with van der Waals surface area (Å²) in [4.78, 5) is 3.73. The van der Waals surface area contributed by atoms with E-state index in [4.69, 9.17) is 5.73 Å². The molecule has 1 aromatic carbocycles. The van der Waals surface area contributed by atoms with Gasteiger partial charge >= 0.3 is 0 Å². The van der Waals surface area contributed by atoms with Crippen molar-refractivity contribution < 1.29 is 17.2 Å². The van der Waals surface area contributed by atoms with Crippen LogP contribution in [-0.4, -0.2) is 33.2 Å². The third-order valence-electron chi connectivity index (χ3n) is 5.27. The second kappa shape index (κ2) is 8.10. The van der Waals surface area contributed by atoms with E-state index >= 15 is 0 Å². The monoisotopic (exact) mass is 398 g/mol. The van der Waals surface area contributed by atoms with E-state index in [1.807, 2.05) is 0 Å². The van der Waals surface area contributed by atoms with Gasteiger partial charge in [0.05, 0.1) is 4.90 Å². The molecular weight excluding hydrogens is 374 g/mol. The number of hydrogen-bond donors (Lipinski definition) is 1. The Morgan fingerprint density at radius 3 is 2.48 bits per heavy atom. The maximum atomic E-state index is 13.5. The molecule has 1 fully saturated rings. The van der Waals surface area contributed by atoms with Crippen molar-refractivity contribution in [1.82, 2.24) is 0 Å². The molecule has 0 amide bonds. The minimum absolute atomic E-state index is 0.0807. The van der Waals surface area contributed by atoms with Gasteiger partial charge in [-0.1, -0.05) is 12.1 Å². The smallest absolute Gasteiger partial charge is 0.265 e. The van der Waals surface area contributed by atoms with Crippen LogP contribution in [0.15, 0.2) is 32.2 Å². The van der Waals surface area contributed by atoms with Crippen LogP contribution >= 0.6 is 0 Å². The molecule has 2 N–H and O–H groups in total. The topological polar surface area (TPSA) is 97.2 Å². The van der Waals surface area contributed by atoms with Gasteiger partial charge < -0.3 is 5.73 Å². The highest BCUT2D eigenvalue weighted by atomic mass is 32.2. The third-order valence-corrected chi connectivity index (χ3v) is 6.45. The first-order valence-corrected chi connectivity index (χ1v) is 11.0. The number of halogens is 2. The van der Waals surface area contributed by atoms with Gasteiger partial charge in [0.25, 0.3) is 6.43 Å². The normalized spacial score (nSPS) is 23.1. The Morgan fingerprint density at radius 2 is 1.93 bits per heavy atom.